The Labute approximate surface area is 202 Å². The van der Waals surface area contributed by atoms with Crippen molar-refractivity contribution >= 4 is 40.1 Å². The number of hydrogen-bond donors (Lipinski definition) is 1. The van der Waals surface area contributed by atoms with Crippen molar-refractivity contribution in [3.05, 3.63) is 100.0 Å². The highest BCUT2D eigenvalue weighted by Gasteiger charge is 2.14. The van der Waals surface area contributed by atoms with Gasteiger partial charge in [-0.3, -0.25) is 0 Å². The van der Waals surface area contributed by atoms with E-state index in [0.717, 1.165) is 11.5 Å². The van der Waals surface area contributed by atoms with Crippen molar-refractivity contribution < 1.29 is 27.8 Å². The first-order chi connectivity index (χ1) is 16.7. The number of aromatic carboxylic acids is 1. The van der Waals surface area contributed by atoms with Crippen molar-refractivity contribution in [3.63, 3.8) is 0 Å². The smallest absolute Gasteiger partial charge is 0.387 e. The Morgan fingerprint density at radius 1 is 1.11 bits per heavy atom. The van der Waals surface area contributed by atoms with E-state index in [2.05, 4.69) is 10.8 Å². The molecule has 0 radical (unpaired) electrons. The van der Waals surface area contributed by atoms with E-state index in [1.54, 1.807) is 47.2 Å². The normalized spacial score (nSPS) is 11.6. The minimum absolute atomic E-state index is 0.0701. The van der Waals surface area contributed by atoms with E-state index in [1.807, 2.05) is 0 Å². The number of aromatic nitrogens is 1. The first-order valence-corrected chi connectivity index (χ1v) is 10.6. The van der Waals surface area contributed by atoms with Crippen LogP contribution in [0.1, 0.15) is 27.0 Å². The maximum Gasteiger partial charge on any atom is 0.387 e. The van der Waals surface area contributed by atoms with E-state index in [1.165, 1.54) is 24.3 Å². The molecule has 0 bridgehead atoms. The van der Waals surface area contributed by atoms with Crippen LogP contribution in [0.4, 0.5) is 13.2 Å². The fourth-order valence-electron chi connectivity index (χ4n) is 3.68. The van der Waals surface area contributed by atoms with E-state index in [9.17, 15) is 23.2 Å². The van der Waals surface area contributed by atoms with Crippen molar-refractivity contribution in [1.29, 1.82) is 5.26 Å². The summed E-state index contributed by atoms with van der Waals surface area (Å²) in [5.41, 5.74) is 2.51. The Morgan fingerprint density at radius 2 is 1.83 bits per heavy atom. The Balaban J connectivity index is 1.74. The SMILES string of the molecule is N#C/C(=C\c1cn(Cc2ccc(OC(F)F)cc2F)c2cc(Cl)ccc12)c1ccc(C(=O)O)cc1. The average molecular weight is 497 g/mol. The fourth-order valence-corrected chi connectivity index (χ4v) is 3.85. The maximum atomic E-state index is 14.6. The van der Waals surface area contributed by atoms with Gasteiger partial charge in [-0.15, -0.1) is 0 Å². The zero-order valence-electron chi connectivity index (χ0n) is 17.9. The fraction of sp³-hybridized carbons (Fsp3) is 0.0769. The van der Waals surface area contributed by atoms with Crippen molar-refractivity contribution in [2.45, 2.75) is 13.2 Å². The summed E-state index contributed by atoms with van der Waals surface area (Å²) >= 11 is 6.18. The molecule has 9 heteroatoms. The number of allylic oxidation sites excluding steroid dienone is 1. The second-order valence-electron chi connectivity index (χ2n) is 7.56. The molecule has 4 rings (SSSR count). The number of carboxylic acids is 1. The Kier molecular flexibility index (Phi) is 6.80. The number of hydrogen-bond acceptors (Lipinski definition) is 3. The minimum atomic E-state index is -3.06. The second-order valence-corrected chi connectivity index (χ2v) is 7.99. The van der Waals surface area contributed by atoms with E-state index in [-0.39, 0.29) is 23.4 Å². The molecule has 3 aromatic carbocycles. The highest BCUT2D eigenvalue weighted by Crippen LogP contribution is 2.30. The van der Waals surface area contributed by atoms with Gasteiger partial charge >= 0.3 is 12.6 Å². The van der Waals surface area contributed by atoms with Crippen LogP contribution in [0.15, 0.2) is 66.9 Å². The number of benzene rings is 3. The molecule has 176 valence electrons. The molecule has 1 N–H and O–H groups in total. The van der Waals surface area contributed by atoms with Gasteiger partial charge in [0.1, 0.15) is 11.6 Å². The molecule has 5 nitrogen and oxygen atoms in total. The third kappa shape index (κ3) is 5.31. The van der Waals surface area contributed by atoms with Gasteiger partial charge in [-0.05, 0) is 42.0 Å². The predicted molar refractivity (Wildman–Crippen MR) is 126 cm³/mol. The maximum absolute atomic E-state index is 14.6. The number of ether oxygens (including phenoxy) is 1. The zero-order valence-corrected chi connectivity index (χ0v) is 18.6. The summed E-state index contributed by atoms with van der Waals surface area (Å²) in [5.74, 6) is -2.06. The number of nitrogens with zero attached hydrogens (tertiary/aromatic N) is 2. The average Bonchev–Trinajstić information content (AvgIpc) is 3.15. The summed E-state index contributed by atoms with van der Waals surface area (Å²) in [5, 5.41) is 20.0. The molecule has 0 fully saturated rings. The first kappa shape index (κ1) is 23.9. The number of carbonyl (C=O) groups is 1. The van der Waals surface area contributed by atoms with Crippen molar-refractivity contribution in [2.24, 2.45) is 0 Å². The van der Waals surface area contributed by atoms with E-state index >= 15 is 0 Å². The van der Waals surface area contributed by atoms with Crippen LogP contribution >= 0.6 is 11.6 Å². The number of nitriles is 1. The lowest BCUT2D eigenvalue weighted by Crippen LogP contribution is -2.04. The van der Waals surface area contributed by atoms with Crippen LogP contribution < -0.4 is 4.74 Å². The molecule has 4 aromatic rings. The molecule has 0 unspecified atom stereocenters. The molecule has 0 aliphatic heterocycles. The summed E-state index contributed by atoms with van der Waals surface area (Å²) in [6.07, 6.45) is 3.38. The number of fused-ring (bicyclic) bond motifs is 1. The van der Waals surface area contributed by atoms with E-state index < -0.39 is 18.4 Å². The molecule has 1 aromatic heterocycles. The van der Waals surface area contributed by atoms with Crippen LogP contribution in [0.2, 0.25) is 5.02 Å². The molecule has 0 amide bonds. The highest BCUT2D eigenvalue weighted by atomic mass is 35.5. The van der Waals surface area contributed by atoms with Crippen LogP contribution in [-0.2, 0) is 6.54 Å². The molecule has 0 saturated heterocycles. The van der Waals surface area contributed by atoms with Crippen LogP contribution in [0.3, 0.4) is 0 Å². The van der Waals surface area contributed by atoms with Gasteiger partial charge in [0.25, 0.3) is 0 Å². The van der Waals surface area contributed by atoms with Crippen molar-refractivity contribution in [2.75, 3.05) is 0 Å². The van der Waals surface area contributed by atoms with Crippen LogP contribution in [0.25, 0.3) is 22.6 Å². The lowest BCUT2D eigenvalue weighted by molar-refractivity contribution is -0.0500. The number of halogens is 4. The van der Waals surface area contributed by atoms with Crippen molar-refractivity contribution in [1.82, 2.24) is 4.57 Å². The van der Waals surface area contributed by atoms with Gasteiger partial charge in [0.05, 0.1) is 29.3 Å². The van der Waals surface area contributed by atoms with Crippen LogP contribution in [-0.4, -0.2) is 22.3 Å². The number of rotatable bonds is 7. The highest BCUT2D eigenvalue weighted by molar-refractivity contribution is 6.31. The number of alkyl halides is 2. The van der Waals surface area contributed by atoms with Crippen LogP contribution in [0.5, 0.6) is 5.75 Å². The summed E-state index contributed by atoms with van der Waals surface area (Å²) in [6.45, 7) is -2.99. The lowest BCUT2D eigenvalue weighted by atomic mass is 10.0. The molecule has 0 aliphatic carbocycles. The zero-order chi connectivity index (χ0) is 25.1. The van der Waals surface area contributed by atoms with Gasteiger partial charge in [0.2, 0.25) is 0 Å². The molecule has 1 heterocycles. The predicted octanol–water partition coefficient (Wildman–Crippen LogP) is 6.85. The summed E-state index contributed by atoms with van der Waals surface area (Å²) < 4.78 is 45.4. The third-order valence-electron chi connectivity index (χ3n) is 5.33. The topological polar surface area (TPSA) is 75.2 Å². The van der Waals surface area contributed by atoms with Gasteiger partial charge in [-0.2, -0.15) is 14.0 Å². The quantitative estimate of drug-likeness (QED) is 0.284. The Morgan fingerprint density at radius 3 is 2.46 bits per heavy atom. The summed E-state index contributed by atoms with van der Waals surface area (Å²) in [7, 11) is 0. The lowest BCUT2D eigenvalue weighted by Gasteiger charge is -2.09. The van der Waals surface area contributed by atoms with E-state index in [4.69, 9.17) is 16.7 Å². The Bertz CT molecular complexity index is 1490. The third-order valence-corrected chi connectivity index (χ3v) is 5.56. The largest absolute Gasteiger partial charge is 0.478 e. The molecular formula is C26H16ClF3N2O3. The van der Waals surface area contributed by atoms with Gasteiger partial charge < -0.3 is 14.4 Å². The van der Waals surface area contributed by atoms with Crippen LogP contribution in [0, 0.1) is 17.1 Å². The summed E-state index contributed by atoms with van der Waals surface area (Å²) in [6, 6.07) is 16.7. The molecule has 0 spiro atoms. The monoisotopic (exact) mass is 496 g/mol. The van der Waals surface area contributed by atoms with Crippen molar-refractivity contribution in [3.8, 4) is 11.8 Å². The van der Waals surface area contributed by atoms with Gasteiger partial charge in [-0.25, -0.2) is 9.18 Å². The minimum Gasteiger partial charge on any atom is -0.478 e. The summed E-state index contributed by atoms with van der Waals surface area (Å²) in [4.78, 5) is 11.1. The standard InChI is InChI=1S/C26H16ClF3N2O3/c27-20-6-8-22-19(9-18(12-31)15-1-3-16(4-2-15)25(33)34)14-32(24(22)10-20)13-17-5-7-21(11-23(17)28)35-26(29)30/h1-11,14,26H,13H2,(H,33,34)/b18-9+. The van der Waals surface area contributed by atoms with Gasteiger partial charge in [0.15, 0.2) is 0 Å². The number of carboxylic acid groups (broad SMARTS) is 1. The first-order valence-electron chi connectivity index (χ1n) is 10.2. The second kappa shape index (κ2) is 9.95. The molecule has 0 aliphatic rings. The molecule has 0 atom stereocenters. The molecule has 35 heavy (non-hydrogen) atoms. The van der Waals surface area contributed by atoms with Gasteiger partial charge in [0, 0.05) is 33.8 Å². The Hall–Kier alpha value is -4.22. The van der Waals surface area contributed by atoms with Gasteiger partial charge in [-0.1, -0.05) is 35.9 Å². The van der Waals surface area contributed by atoms with E-state index in [0.29, 0.717) is 27.2 Å². The molecule has 0 saturated carbocycles. The molecular weight excluding hydrogens is 481 g/mol.